The summed E-state index contributed by atoms with van der Waals surface area (Å²) < 4.78 is 7.24. The second-order valence-electron chi connectivity index (χ2n) is 5.49. The van der Waals surface area contributed by atoms with Crippen molar-refractivity contribution in [1.29, 1.82) is 0 Å². The molecule has 0 bridgehead atoms. The molecule has 2 rings (SSSR count). The van der Waals surface area contributed by atoms with Crippen LogP contribution in [0.1, 0.15) is 19.9 Å². The molecule has 6 nitrogen and oxygen atoms in total. The predicted molar refractivity (Wildman–Crippen MR) is 77.7 cm³/mol. The Morgan fingerprint density at radius 3 is 2.75 bits per heavy atom. The van der Waals surface area contributed by atoms with E-state index in [-0.39, 0.29) is 18.2 Å². The Hall–Kier alpha value is -0.950. The lowest BCUT2D eigenvalue weighted by molar-refractivity contribution is 0.0143. The van der Waals surface area contributed by atoms with Crippen molar-refractivity contribution in [1.82, 2.24) is 20.0 Å². The number of morpholine rings is 1. The van der Waals surface area contributed by atoms with Gasteiger partial charge < -0.3 is 15.2 Å². The summed E-state index contributed by atoms with van der Waals surface area (Å²) in [4.78, 5) is 2.25. The number of hydrogen-bond acceptors (Lipinski definition) is 5. The number of nitrogens with zero attached hydrogens (tertiary/aromatic N) is 3. The molecule has 0 amide bonds. The molecular weight excluding hydrogens is 256 g/mol. The number of ether oxygens (including phenoxy) is 1. The normalized spacial score (nSPS) is 21.6. The molecule has 2 N–H and O–H groups in total. The standard InChI is InChI=1S/C14H26N4O2/c1-12(13(2)18-5-3-4-16-18)15-10-14(19)11-17-6-8-20-9-7-17/h3-5,12-15,19H,6-11H2,1-2H3/t12-,13-,14+/m0/s1. The lowest BCUT2D eigenvalue weighted by Gasteiger charge is -2.29. The highest BCUT2D eigenvalue weighted by atomic mass is 16.5. The molecule has 0 unspecified atom stereocenters. The molecule has 1 aromatic rings. The van der Waals surface area contributed by atoms with E-state index in [2.05, 4.69) is 29.2 Å². The van der Waals surface area contributed by atoms with Crippen molar-refractivity contribution < 1.29 is 9.84 Å². The second-order valence-corrected chi connectivity index (χ2v) is 5.49. The fraction of sp³-hybridized carbons (Fsp3) is 0.786. The molecule has 0 radical (unpaired) electrons. The Morgan fingerprint density at radius 2 is 2.10 bits per heavy atom. The van der Waals surface area contributed by atoms with Gasteiger partial charge in [-0.1, -0.05) is 0 Å². The van der Waals surface area contributed by atoms with Crippen LogP contribution in [0.3, 0.4) is 0 Å². The second kappa shape index (κ2) is 7.73. The van der Waals surface area contributed by atoms with Crippen LogP contribution < -0.4 is 5.32 Å². The zero-order chi connectivity index (χ0) is 14.4. The summed E-state index contributed by atoms with van der Waals surface area (Å²) in [5.41, 5.74) is 0. The SMILES string of the molecule is C[C@H](NC[C@@H](O)CN1CCOCC1)[C@H](C)n1cccn1. The van der Waals surface area contributed by atoms with Gasteiger partial charge in [0.15, 0.2) is 0 Å². The highest BCUT2D eigenvalue weighted by Gasteiger charge is 2.18. The number of rotatable bonds is 7. The van der Waals surface area contributed by atoms with Gasteiger partial charge >= 0.3 is 0 Å². The molecular formula is C14H26N4O2. The highest BCUT2D eigenvalue weighted by Crippen LogP contribution is 2.09. The van der Waals surface area contributed by atoms with Gasteiger partial charge in [-0.05, 0) is 19.9 Å². The largest absolute Gasteiger partial charge is 0.390 e. The summed E-state index contributed by atoms with van der Waals surface area (Å²) in [6.45, 7) is 8.92. The van der Waals surface area contributed by atoms with Crippen molar-refractivity contribution in [2.75, 3.05) is 39.4 Å². The molecule has 1 aliphatic rings. The van der Waals surface area contributed by atoms with Crippen LogP contribution in [-0.4, -0.2) is 71.3 Å². The third kappa shape index (κ3) is 4.56. The Labute approximate surface area is 120 Å². The maximum absolute atomic E-state index is 10.1. The monoisotopic (exact) mass is 282 g/mol. The third-order valence-electron chi connectivity index (χ3n) is 3.91. The van der Waals surface area contributed by atoms with Crippen LogP contribution in [0.25, 0.3) is 0 Å². The zero-order valence-corrected chi connectivity index (χ0v) is 12.4. The van der Waals surface area contributed by atoms with E-state index < -0.39 is 0 Å². The van der Waals surface area contributed by atoms with Crippen LogP contribution in [0, 0.1) is 0 Å². The van der Waals surface area contributed by atoms with E-state index in [0.29, 0.717) is 13.1 Å². The molecule has 3 atom stereocenters. The Morgan fingerprint density at radius 1 is 1.35 bits per heavy atom. The summed E-state index contributed by atoms with van der Waals surface area (Å²) in [5.74, 6) is 0. The predicted octanol–water partition coefficient (Wildman–Crippen LogP) is 0.115. The molecule has 20 heavy (non-hydrogen) atoms. The van der Waals surface area contributed by atoms with Gasteiger partial charge in [0.05, 0.1) is 25.4 Å². The molecule has 0 saturated carbocycles. The van der Waals surface area contributed by atoms with Crippen LogP contribution in [0.15, 0.2) is 18.5 Å². The average Bonchev–Trinajstić information content (AvgIpc) is 2.99. The van der Waals surface area contributed by atoms with Gasteiger partial charge in [-0.25, -0.2) is 0 Å². The smallest absolute Gasteiger partial charge is 0.0791 e. The maximum Gasteiger partial charge on any atom is 0.0791 e. The number of β-amino-alcohol motifs (C(OH)–C–C–N with tert-alkyl or cyclic N) is 1. The fourth-order valence-corrected chi connectivity index (χ4v) is 2.39. The zero-order valence-electron chi connectivity index (χ0n) is 12.4. The maximum atomic E-state index is 10.1. The lowest BCUT2D eigenvalue weighted by Crippen LogP contribution is -2.46. The van der Waals surface area contributed by atoms with Crippen molar-refractivity contribution in [2.45, 2.75) is 32.0 Å². The van der Waals surface area contributed by atoms with Gasteiger partial charge in [0.25, 0.3) is 0 Å². The van der Waals surface area contributed by atoms with Gasteiger partial charge in [0.1, 0.15) is 0 Å². The molecule has 1 aliphatic heterocycles. The molecule has 1 saturated heterocycles. The van der Waals surface area contributed by atoms with Gasteiger partial charge in [-0.15, -0.1) is 0 Å². The van der Waals surface area contributed by atoms with Crippen molar-refractivity contribution in [3.63, 3.8) is 0 Å². The van der Waals surface area contributed by atoms with Crippen molar-refractivity contribution in [3.8, 4) is 0 Å². The Bertz CT molecular complexity index is 365. The molecule has 2 heterocycles. The summed E-state index contributed by atoms with van der Waals surface area (Å²) in [7, 11) is 0. The molecule has 0 aromatic carbocycles. The van der Waals surface area contributed by atoms with E-state index in [1.165, 1.54) is 0 Å². The summed E-state index contributed by atoms with van der Waals surface area (Å²) in [5, 5.41) is 17.7. The van der Waals surface area contributed by atoms with Crippen molar-refractivity contribution in [2.24, 2.45) is 0 Å². The van der Waals surface area contributed by atoms with E-state index in [4.69, 9.17) is 4.74 Å². The number of aliphatic hydroxyl groups excluding tert-OH is 1. The van der Waals surface area contributed by atoms with Crippen LogP contribution in [0.2, 0.25) is 0 Å². The fourth-order valence-electron chi connectivity index (χ4n) is 2.39. The van der Waals surface area contributed by atoms with Crippen LogP contribution in [-0.2, 0) is 4.74 Å². The van der Waals surface area contributed by atoms with E-state index in [1.807, 2.05) is 16.9 Å². The highest BCUT2D eigenvalue weighted by molar-refractivity contribution is 4.84. The van der Waals surface area contributed by atoms with Gasteiger partial charge in [0.2, 0.25) is 0 Å². The van der Waals surface area contributed by atoms with Crippen molar-refractivity contribution >= 4 is 0 Å². The average molecular weight is 282 g/mol. The minimum absolute atomic E-state index is 0.259. The summed E-state index contributed by atoms with van der Waals surface area (Å²) in [6.07, 6.45) is 3.41. The molecule has 0 aliphatic carbocycles. The van der Waals surface area contributed by atoms with E-state index in [0.717, 1.165) is 26.3 Å². The first-order valence-electron chi connectivity index (χ1n) is 7.37. The first-order chi connectivity index (χ1) is 9.66. The minimum atomic E-state index is -0.347. The van der Waals surface area contributed by atoms with E-state index >= 15 is 0 Å². The number of hydrogen-bond donors (Lipinski definition) is 2. The van der Waals surface area contributed by atoms with Gasteiger partial charge in [-0.2, -0.15) is 5.10 Å². The summed E-state index contributed by atoms with van der Waals surface area (Å²) >= 11 is 0. The number of aliphatic hydroxyl groups is 1. The molecule has 0 spiro atoms. The number of nitrogens with one attached hydrogen (secondary N) is 1. The minimum Gasteiger partial charge on any atom is -0.390 e. The van der Waals surface area contributed by atoms with Crippen LogP contribution in [0.4, 0.5) is 0 Å². The first kappa shape index (κ1) is 15.4. The number of aromatic nitrogens is 2. The van der Waals surface area contributed by atoms with Crippen molar-refractivity contribution in [3.05, 3.63) is 18.5 Å². The first-order valence-corrected chi connectivity index (χ1v) is 7.37. The van der Waals surface area contributed by atoms with Crippen LogP contribution in [0.5, 0.6) is 0 Å². The lowest BCUT2D eigenvalue weighted by atomic mass is 10.1. The molecule has 1 fully saturated rings. The molecule has 6 heteroatoms. The quantitative estimate of drug-likeness (QED) is 0.743. The topological polar surface area (TPSA) is 62.6 Å². The third-order valence-corrected chi connectivity index (χ3v) is 3.91. The van der Waals surface area contributed by atoms with E-state index in [1.54, 1.807) is 6.20 Å². The molecule has 114 valence electrons. The summed E-state index contributed by atoms with van der Waals surface area (Å²) in [6, 6.07) is 2.45. The Balaban J connectivity index is 1.68. The van der Waals surface area contributed by atoms with Gasteiger partial charge in [-0.3, -0.25) is 9.58 Å². The Kier molecular flexibility index (Phi) is 5.97. The molecule has 1 aromatic heterocycles. The van der Waals surface area contributed by atoms with E-state index in [9.17, 15) is 5.11 Å². The van der Waals surface area contributed by atoms with Gasteiger partial charge in [0, 0.05) is 44.6 Å². The van der Waals surface area contributed by atoms with Crippen LogP contribution >= 0.6 is 0 Å².